The van der Waals surface area contributed by atoms with Crippen LogP contribution in [0, 0.1) is 0 Å². The van der Waals surface area contributed by atoms with Crippen molar-refractivity contribution in [1.29, 1.82) is 0 Å². The topological polar surface area (TPSA) is 53.6 Å². The van der Waals surface area contributed by atoms with E-state index in [2.05, 4.69) is 10.7 Å². The van der Waals surface area contributed by atoms with E-state index in [4.69, 9.17) is 4.84 Å². The number of nitrogens with zero attached hydrogens (tertiary/aromatic N) is 1. The lowest BCUT2D eigenvalue weighted by molar-refractivity contribution is -0.115. The van der Waals surface area contributed by atoms with Crippen LogP contribution in [0.15, 0.2) is 30.7 Å². The normalized spacial score (nSPS) is 17.1. The van der Waals surface area contributed by atoms with Crippen molar-refractivity contribution in [1.82, 2.24) is 5.43 Å². The molecule has 76 valence electrons. The van der Waals surface area contributed by atoms with Crippen LogP contribution in [0.25, 0.3) is 0 Å². The summed E-state index contributed by atoms with van der Waals surface area (Å²) >= 11 is 0. The van der Waals surface area contributed by atoms with Crippen LogP contribution >= 0.6 is 0 Å². The third-order valence-corrected chi connectivity index (χ3v) is 2.41. The maximum absolute atomic E-state index is 11.3. The van der Waals surface area contributed by atoms with E-state index >= 15 is 0 Å². The molecule has 0 aliphatic carbocycles. The highest BCUT2D eigenvalue weighted by Crippen LogP contribution is 2.32. The van der Waals surface area contributed by atoms with E-state index in [1.165, 1.54) is 5.17 Å². The minimum absolute atomic E-state index is 0.0182. The molecule has 5 heteroatoms. The van der Waals surface area contributed by atoms with Crippen molar-refractivity contribution in [2.75, 3.05) is 10.5 Å². The van der Waals surface area contributed by atoms with Crippen LogP contribution in [0.5, 0.6) is 0 Å². The Morgan fingerprint density at radius 3 is 3.13 bits per heavy atom. The lowest BCUT2D eigenvalue weighted by Gasteiger charge is -2.18. The number of amides is 1. The van der Waals surface area contributed by atoms with Gasteiger partial charge >= 0.3 is 0 Å². The fourth-order valence-corrected chi connectivity index (χ4v) is 1.77. The molecule has 5 nitrogen and oxygen atoms in total. The van der Waals surface area contributed by atoms with Gasteiger partial charge in [-0.1, -0.05) is 6.07 Å². The minimum atomic E-state index is 0.0182. The van der Waals surface area contributed by atoms with Crippen molar-refractivity contribution in [3.63, 3.8) is 0 Å². The van der Waals surface area contributed by atoms with Crippen molar-refractivity contribution in [2.45, 2.75) is 6.42 Å². The lowest BCUT2D eigenvalue weighted by Crippen LogP contribution is -2.28. The Morgan fingerprint density at radius 2 is 2.33 bits per heavy atom. The molecule has 2 N–H and O–H groups in total. The van der Waals surface area contributed by atoms with Crippen molar-refractivity contribution in [2.24, 2.45) is 0 Å². The van der Waals surface area contributed by atoms with Gasteiger partial charge in [-0.3, -0.25) is 10.2 Å². The van der Waals surface area contributed by atoms with E-state index in [0.717, 1.165) is 16.9 Å². The number of nitrogens with one attached hydrogen (secondary N) is 2. The van der Waals surface area contributed by atoms with Crippen LogP contribution in [0.3, 0.4) is 0 Å². The summed E-state index contributed by atoms with van der Waals surface area (Å²) in [5.41, 5.74) is 5.58. The molecule has 3 rings (SSSR count). The summed E-state index contributed by atoms with van der Waals surface area (Å²) in [4.78, 5) is 16.5. The number of carbonyl (C=O) groups excluding carboxylic acids is 1. The molecule has 0 unspecified atom stereocenters. The predicted molar refractivity (Wildman–Crippen MR) is 54.6 cm³/mol. The smallest absolute Gasteiger partial charge is 0.228 e. The average molecular weight is 203 g/mol. The first-order valence-corrected chi connectivity index (χ1v) is 4.64. The first kappa shape index (κ1) is 8.16. The fraction of sp³-hybridized carbons (Fsp3) is 0.100. The number of benzene rings is 1. The quantitative estimate of drug-likeness (QED) is 0.712. The Balaban J connectivity index is 2.02. The first-order chi connectivity index (χ1) is 7.34. The SMILES string of the molecule is O=C1Cc2c(cccc2N2NC=CO2)N1. The van der Waals surface area contributed by atoms with Gasteiger partial charge in [0.25, 0.3) is 0 Å². The molecule has 0 saturated heterocycles. The molecule has 1 aromatic rings. The van der Waals surface area contributed by atoms with Crippen LogP contribution in [0.1, 0.15) is 5.56 Å². The largest absolute Gasteiger partial charge is 0.366 e. The van der Waals surface area contributed by atoms with Crippen LogP contribution < -0.4 is 15.9 Å². The molecule has 2 heterocycles. The third kappa shape index (κ3) is 1.20. The number of fused-ring (bicyclic) bond motifs is 1. The number of hydrogen-bond acceptors (Lipinski definition) is 4. The molecule has 0 saturated carbocycles. The van der Waals surface area contributed by atoms with E-state index < -0.39 is 0 Å². The summed E-state index contributed by atoms with van der Waals surface area (Å²) < 4.78 is 0. The molecule has 0 atom stereocenters. The zero-order valence-electron chi connectivity index (χ0n) is 7.86. The van der Waals surface area contributed by atoms with Gasteiger partial charge in [-0.15, -0.1) is 5.17 Å². The molecule has 1 aromatic carbocycles. The summed E-state index contributed by atoms with van der Waals surface area (Å²) in [7, 11) is 0. The van der Waals surface area contributed by atoms with Gasteiger partial charge in [-0.2, -0.15) is 0 Å². The molecule has 0 radical (unpaired) electrons. The average Bonchev–Trinajstić information content (AvgIpc) is 2.82. The van der Waals surface area contributed by atoms with Gasteiger partial charge < -0.3 is 10.2 Å². The Hall–Kier alpha value is -2.17. The molecule has 2 aliphatic rings. The summed E-state index contributed by atoms with van der Waals surface area (Å²) in [5, 5.41) is 4.32. The van der Waals surface area contributed by atoms with Crippen LogP contribution in [-0.2, 0) is 16.1 Å². The molecule has 1 amide bonds. The zero-order valence-corrected chi connectivity index (χ0v) is 7.86. The third-order valence-electron chi connectivity index (χ3n) is 2.41. The maximum atomic E-state index is 11.3. The second kappa shape index (κ2) is 2.91. The summed E-state index contributed by atoms with van der Waals surface area (Å²) in [6, 6.07) is 5.66. The molecule has 0 aromatic heterocycles. The molecular formula is C10H9N3O2. The van der Waals surface area contributed by atoms with Gasteiger partial charge in [-0.05, 0) is 12.1 Å². The fourth-order valence-electron chi connectivity index (χ4n) is 1.77. The Bertz CT molecular complexity index is 448. The Labute approximate surface area is 86.2 Å². The zero-order chi connectivity index (χ0) is 10.3. The second-order valence-corrected chi connectivity index (χ2v) is 3.36. The molecule has 2 aliphatic heterocycles. The van der Waals surface area contributed by atoms with E-state index in [9.17, 15) is 4.79 Å². The number of hydrazine groups is 1. The lowest BCUT2D eigenvalue weighted by atomic mass is 10.1. The monoisotopic (exact) mass is 203 g/mol. The van der Waals surface area contributed by atoms with Gasteiger partial charge in [0, 0.05) is 11.3 Å². The highest BCUT2D eigenvalue weighted by atomic mass is 16.7. The Kier molecular flexibility index (Phi) is 1.58. The highest BCUT2D eigenvalue weighted by molar-refractivity contribution is 6.01. The highest BCUT2D eigenvalue weighted by Gasteiger charge is 2.24. The van der Waals surface area contributed by atoms with Crippen molar-refractivity contribution >= 4 is 17.3 Å². The first-order valence-electron chi connectivity index (χ1n) is 4.64. The van der Waals surface area contributed by atoms with Gasteiger partial charge in [0.15, 0.2) is 0 Å². The van der Waals surface area contributed by atoms with Gasteiger partial charge in [0.05, 0.1) is 12.6 Å². The molecule has 0 spiro atoms. The molecule has 0 fully saturated rings. The van der Waals surface area contributed by atoms with Crippen LogP contribution in [0.2, 0.25) is 0 Å². The summed E-state index contributed by atoms with van der Waals surface area (Å²) in [6.07, 6.45) is 3.63. The van der Waals surface area contributed by atoms with E-state index in [1.54, 1.807) is 12.5 Å². The van der Waals surface area contributed by atoms with Crippen LogP contribution in [0.4, 0.5) is 11.4 Å². The van der Waals surface area contributed by atoms with Crippen molar-refractivity contribution in [3.8, 4) is 0 Å². The Morgan fingerprint density at radius 1 is 1.40 bits per heavy atom. The molecule has 15 heavy (non-hydrogen) atoms. The second-order valence-electron chi connectivity index (χ2n) is 3.36. The maximum Gasteiger partial charge on any atom is 0.228 e. The van der Waals surface area contributed by atoms with E-state index in [1.807, 2.05) is 18.2 Å². The summed E-state index contributed by atoms with van der Waals surface area (Å²) in [6.45, 7) is 0. The van der Waals surface area contributed by atoms with Gasteiger partial charge in [-0.25, -0.2) is 0 Å². The van der Waals surface area contributed by atoms with E-state index in [0.29, 0.717) is 6.42 Å². The van der Waals surface area contributed by atoms with Gasteiger partial charge in [0.1, 0.15) is 11.9 Å². The predicted octanol–water partition coefficient (Wildman–Crippen LogP) is 0.909. The standard InChI is InChI=1S/C10H9N3O2/c14-10-6-7-8(12-10)2-1-3-9(7)13-11-4-5-15-13/h1-5,11H,6H2,(H,12,14). The van der Waals surface area contributed by atoms with Crippen LogP contribution in [-0.4, -0.2) is 5.91 Å². The minimum Gasteiger partial charge on any atom is -0.366 e. The van der Waals surface area contributed by atoms with Crippen molar-refractivity contribution < 1.29 is 9.63 Å². The van der Waals surface area contributed by atoms with Gasteiger partial charge in [0.2, 0.25) is 5.91 Å². The van der Waals surface area contributed by atoms with E-state index in [-0.39, 0.29) is 5.91 Å². The summed E-state index contributed by atoms with van der Waals surface area (Å²) in [5.74, 6) is 0.0182. The molecular weight excluding hydrogens is 194 g/mol. The number of rotatable bonds is 1. The molecule has 0 bridgehead atoms. The number of hydrogen-bond donors (Lipinski definition) is 2. The van der Waals surface area contributed by atoms with Crippen molar-refractivity contribution in [3.05, 3.63) is 36.2 Å². The number of carbonyl (C=O) groups is 1. The number of anilines is 2.